The van der Waals surface area contributed by atoms with Crippen LogP contribution in [0.4, 0.5) is 0 Å². The number of rotatable bonds is 7. The van der Waals surface area contributed by atoms with Gasteiger partial charge in [0, 0.05) is 23.7 Å². The lowest BCUT2D eigenvalue weighted by Crippen LogP contribution is -2.39. The summed E-state index contributed by atoms with van der Waals surface area (Å²) in [6.45, 7) is 3.97. The molecule has 1 aromatic carbocycles. The van der Waals surface area contributed by atoms with Gasteiger partial charge >= 0.3 is 0 Å². The SMILES string of the molecule is COc1ccc(C(=O)N(C(C)C)C2CC2)cc1S(=O)(=O)NC1CCCC1. The molecular weight excluding hydrogens is 352 g/mol. The minimum atomic E-state index is -3.74. The van der Waals surface area contributed by atoms with E-state index >= 15 is 0 Å². The molecule has 1 N–H and O–H groups in total. The van der Waals surface area contributed by atoms with Gasteiger partial charge in [0.1, 0.15) is 10.6 Å². The maximum Gasteiger partial charge on any atom is 0.254 e. The Balaban J connectivity index is 1.92. The molecule has 2 aliphatic carbocycles. The first-order valence-corrected chi connectivity index (χ1v) is 10.8. The van der Waals surface area contributed by atoms with Crippen molar-refractivity contribution in [3.8, 4) is 5.75 Å². The molecule has 0 bridgehead atoms. The van der Waals surface area contributed by atoms with E-state index in [1.165, 1.54) is 13.2 Å². The molecular formula is C19H28N2O4S. The van der Waals surface area contributed by atoms with Crippen molar-refractivity contribution >= 4 is 15.9 Å². The third-order valence-corrected chi connectivity index (χ3v) is 6.65. The quantitative estimate of drug-likeness (QED) is 0.789. The second-order valence-electron chi connectivity index (χ2n) is 7.51. The van der Waals surface area contributed by atoms with Gasteiger partial charge in [-0.1, -0.05) is 12.8 Å². The van der Waals surface area contributed by atoms with Crippen LogP contribution in [0.25, 0.3) is 0 Å². The maximum absolute atomic E-state index is 13.0. The Bertz CT molecular complexity index is 764. The van der Waals surface area contributed by atoms with Crippen LogP contribution in [0.1, 0.15) is 62.7 Å². The minimum Gasteiger partial charge on any atom is -0.495 e. The highest BCUT2D eigenvalue weighted by atomic mass is 32.2. The van der Waals surface area contributed by atoms with Crippen molar-refractivity contribution in [1.29, 1.82) is 0 Å². The third-order valence-electron chi connectivity index (χ3n) is 5.11. The lowest BCUT2D eigenvalue weighted by molar-refractivity contribution is 0.0690. The maximum atomic E-state index is 13.0. The van der Waals surface area contributed by atoms with Crippen LogP contribution in [-0.2, 0) is 10.0 Å². The molecule has 0 unspecified atom stereocenters. The van der Waals surface area contributed by atoms with Crippen molar-refractivity contribution in [1.82, 2.24) is 9.62 Å². The number of methoxy groups -OCH3 is 1. The number of sulfonamides is 1. The summed E-state index contributed by atoms with van der Waals surface area (Å²) < 4.78 is 33.8. The monoisotopic (exact) mass is 380 g/mol. The molecule has 7 heteroatoms. The Morgan fingerprint density at radius 2 is 1.85 bits per heavy atom. The number of amides is 1. The van der Waals surface area contributed by atoms with E-state index in [2.05, 4.69) is 4.72 Å². The molecule has 2 aliphatic rings. The fourth-order valence-corrected chi connectivity index (χ4v) is 5.17. The van der Waals surface area contributed by atoms with Crippen molar-refractivity contribution in [2.24, 2.45) is 0 Å². The van der Waals surface area contributed by atoms with Gasteiger partial charge in [0.25, 0.3) is 5.91 Å². The second-order valence-corrected chi connectivity index (χ2v) is 9.19. The van der Waals surface area contributed by atoms with E-state index in [0.29, 0.717) is 5.56 Å². The molecule has 1 aromatic rings. The number of nitrogens with one attached hydrogen (secondary N) is 1. The summed E-state index contributed by atoms with van der Waals surface area (Å²) >= 11 is 0. The molecule has 3 rings (SSSR count). The van der Waals surface area contributed by atoms with Crippen LogP contribution >= 0.6 is 0 Å². The molecule has 0 atom stereocenters. The van der Waals surface area contributed by atoms with Gasteiger partial charge in [-0.25, -0.2) is 13.1 Å². The Morgan fingerprint density at radius 1 is 1.19 bits per heavy atom. The first kappa shape index (κ1) is 19.2. The van der Waals surface area contributed by atoms with E-state index in [4.69, 9.17) is 4.74 Å². The number of ether oxygens (including phenoxy) is 1. The van der Waals surface area contributed by atoms with E-state index in [9.17, 15) is 13.2 Å². The summed E-state index contributed by atoms with van der Waals surface area (Å²) in [5, 5.41) is 0. The molecule has 0 aromatic heterocycles. The standard InChI is InChI=1S/C19H28N2O4S/c1-13(2)21(16-9-10-16)19(22)14-8-11-17(25-3)18(12-14)26(23,24)20-15-6-4-5-7-15/h8,11-13,15-16,20H,4-7,9-10H2,1-3H3. The van der Waals surface area contributed by atoms with Crippen LogP contribution < -0.4 is 9.46 Å². The van der Waals surface area contributed by atoms with E-state index < -0.39 is 10.0 Å². The molecule has 1 amide bonds. The zero-order valence-corrected chi connectivity index (χ0v) is 16.5. The van der Waals surface area contributed by atoms with Gasteiger partial charge in [0.15, 0.2) is 0 Å². The van der Waals surface area contributed by atoms with E-state index in [1.54, 1.807) is 12.1 Å². The van der Waals surface area contributed by atoms with Crippen molar-refractivity contribution in [3.05, 3.63) is 23.8 Å². The molecule has 2 saturated carbocycles. The summed E-state index contributed by atoms with van der Waals surface area (Å²) in [6.07, 6.45) is 5.79. The number of carbonyl (C=O) groups is 1. The highest BCUT2D eigenvalue weighted by molar-refractivity contribution is 7.89. The third kappa shape index (κ3) is 4.04. The zero-order chi connectivity index (χ0) is 18.9. The van der Waals surface area contributed by atoms with Gasteiger partial charge in [-0.2, -0.15) is 0 Å². The average Bonchev–Trinajstić information content (AvgIpc) is 3.29. The molecule has 144 valence electrons. The molecule has 0 aliphatic heterocycles. The fourth-order valence-electron chi connectivity index (χ4n) is 3.67. The summed E-state index contributed by atoms with van der Waals surface area (Å²) in [5.41, 5.74) is 0.387. The summed E-state index contributed by atoms with van der Waals surface area (Å²) in [6, 6.07) is 4.98. The van der Waals surface area contributed by atoms with E-state index in [0.717, 1.165) is 38.5 Å². The predicted octanol–water partition coefficient (Wildman–Crippen LogP) is 2.93. The Morgan fingerprint density at radius 3 is 2.38 bits per heavy atom. The highest BCUT2D eigenvalue weighted by Crippen LogP contribution is 2.32. The van der Waals surface area contributed by atoms with Crippen LogP contribution in [0.15, 0.2) is 23.1 Å². The lowest BCUT2D eigenvalue weighted by Gasteiger charge is -2.27. The van der Waals surface area contributed by atoms with Gasteiger partial charge in [0.05, 0.1) is 7.11 Å². The average molecular weight is 381 g/mol. The molecule has 6 nitrogen and oxygen atoms in total. The van der Waals surface area contributed by atoms with Gasteiger partial charge in [-0.05, 0) is 57.7 Å². The number of carbonyl (C=O) groups excluding carboxylic acids is 1. The van der Waals surface area contributed by atoms with E-state index in [1.807, 2.05) is 18.7 Å². The zero-order valence-electron chi connectivity index (χ0n) is 15.7. The number of hydrogen-bond donors (Lipinski definition) is 1. The lowest BCUT2D eigenvalue weighted by atomic mass is 10.1. The summed E-state index contributed by atoms with van der Waals surface area (Å²) in [7, 11) is -2.30. The number of nitrogens with zero attached hydrogens (tertiary/aromatic N) is 1. The molecule has 0 heterocycles. The van der Waals surface area contributed by atoms with Gasteiger partial charge < -0.3 is 9.64 Å². The molecule has 0 radical (unpaired) electrons. The van der Waals surface area contributed by atoms with Crippen LogP contribution in [-0.4, -0.2) is 44.5 Å². The van der Waals surface area contributed by atoms with Crippen LogP contribution in [0.5, 0.6) is 5.75 Å². The molecule has 0 spiro atoms. The van der Waals surface area contributed by atoms with Gasteiger partial charge in [-0.3, -0.25) is 4.79 Å². The minimum absolute atomic E-state index is 0.0391. The first-order chi connectivity index (χ1) is 12.3. The predicted molar refractivity (Wildman–Crippen MR) is 99.9 cm³/mol. The van der Waals surface area contributed by atoms with Gasteiger partial charge in [0.2, 0.25) is 10.0 Å². The van der Waals surface area contributed by atoms with Crippen LogP contribution in [0, 0.1) is 0 Å². The smallest absolute Gasteiger partial charge is 0.254 e. The summed E-state index contributed by atoms with van der Waals surface area (Å²) in [4.78, 5) is 14.8. The number of benzene rings is 1. The molecule has 26 heavy (non-hydrogen) atoms. The fraction of sp³-hybridized carbons (Fsp3) is 0.632. The molecule has 0 saturated heterocycles. The topological polar surface area (TPSA) is 75.7 Å². The van der Waals surface area contributed by atoms with Crippen molar-refractivity contribution < 1.29 is 17.9 Å². The van der Waals surface area contributed by atoms with Gasteiger partial charge in [-0.15, -0.1) is 0 Å². The largest absolute Gasteiger partial charge is 0.495 e. The van der Waals surface area contributed by atoms with Crippen LogP contribution in [0.2, 0.25) is 0 Å². The summed E-state index contributed by atoms with van der Waals surface area (Å²) in [5.74, 6) is 0.136. The Hall–Kier alpha value is -1.60. The Labute approximate surface area is 156 Å². The molecule has 2 fully saturated rings. The van der Waals surface area contributed by atoms with Crippen molar-refractivity contribution in [3.63, 3.8) is 0 Å². The van der Waals surface area contributed by atoms with E-state index in [-0.39, 0.29) is 34.7 Å². The number of hydrogen-bond acceptors (Lipinski definition) is 4. The first-order valence-electron chi connectivity index (χ1n) is 9.36. The van der Waals surface area contributed by atoms with Crippen LogP contribution in [0.3, 0.4) is 0 Å². The Kier molecular flexibility index (Phi) is 5.58. The second kappa shape index (κ2) is 7.56. The van der Waals surface area contributed by atoms with Crippen molar-refractivity contribution in [2.45, 2.75) is 75.4 Å². The highest BCUT2D eigenvalue weighted by Gasteiger charge is 2.35. The van der Waals surface area contributed by atoms with Crippen molar-refractivity contribution in [2.75, 3.05) is 7.11 Å². The normalized spacial score (nSPS) is 18.3.